The summed E-state index contributed by atoms with van der Waals surface area (Å²) in [6.45, 7) is 1.34. The third-order valence-corrected chi connectivity index (χ3v) is 2.98. The molecule has 0 aliphatic heterocycles. The van der Waals surface area contributed by atoms with Crippen molar-refractivity contribution in [3.05, 3.63) is 0 Å². The van der Waals surface area contributed by atoms with E-state index in [-0.39, 0.29) is 18.8 Å². The number of hydrogen-bond donors (Lipinski definition) is 0. The van der Waals surface area contributed by atoms with Crippen molar-refractivity contribution in [3.8, 4) is 0 Å². The van der Waals surface area contributed by atoms with E-state index in [4.69, 9.17) is 0 Å². The van der Waals surface area contributed by atoms with Gasteiger partial charge in [-0.15, -0.1) is 0 Å². The van der Waals surface area contributed by atoms with E-state index in [9.17, 15) is 17.6 Å². The van der Waals surface area contributed by atoms with Crippen molar-refractivity contribution in [1.82, 2.24) is 0 Å². The van der Waals surface area contributed by atoms with Crippen molar-refractivity contribution in [2.45, 2.75) is 19.8 Å². The molecule has 0 heterocycles. The lowest BCUT2D eigenvalue weighted by Crippen LogP contribution is -2.21. The highest BCUT2D eigenvalue weighted by atomic mass is 32.2. The van der Waals surface area contributed by atoms with Gasteiger partial charge >= 0.3 is 5.97 Å². The Morgan fingerprint density at radius 1 is 1.43 bits per heavy atom. The second-order valence-corrected chi connectivity index (χ2v) is 5.04. The van der Waals surface area contributed by atoms with Crippen LogP contribution in [0.4, 0.5) is 4.39 Å². The van der Waals surface area contributed by atoms with Crippen LogP contribution in [0.1, 0.15) is 19.8 Å². The largest absolute Gasteiger partial charge is 0.465 e. The van der Waals surface area contributed by atoms with E-state index in [1.54, 1.807) is 0 Å². The monoisotopic (exact) mass is 226 g/mol. The van der Waals surface area contributed by atoms with Gasteiger partial charge < -0.3 is 4.74 Å². The summed E-state index contributed by atoms with van der Waals surface area (Å²) < 4.78 is 38.5. The van der Waals surface area contributed by atoms with E-state index in [0.29, 0.717) is 6.42 Å². The third-order valence-electron chi connectivity index (χ3n) is 1.39. The highest BCUT2D eigenvalue weighted by molar-refractivity contribution is 7.92. The maximum Gasteiger partial charge on any atom is 0.321 e. The van der Waals surface area contributed by atoms with Gasteiger partial charge in [-0.2, -0.15) is 0 Å². The Labute approximate surface area is 83.4 Å². The summed E-state index contributed by atoms with van der Waals surface area (Å²) in [5.74, 6) is -1.71. The molecule has 0 aromatic heterocycles. The lowest BCUT2D eigenvalue weighted by molar-refractivity contribution is -0.140. The summed E-state index contributed by atoms with van der Waals surface area (Å²) in [6, 6.07) is 0. The van der Waals surface area contributed by atoms with E-state index < -0.39 is 28.2 Å². The molecule has 0 amide bonds. The van der Waals surface area contributed by atoms with Gasteiger partial charge in [0.2, 0.25) is 0 Å². The zero-order valence-corrected chi connectivity index (χ0v) is 8.98. The number of sulfone groups is 1. The average Bonchev–Trinajstić information content (AvgIpc) is 2.11. The van der Waals surface area contributed by atoms with Gasteiger partial charge in [-0.25, -0.2) is 8.42 Å². The maximum absolute atomic E-state index is 11.7. The first kappa shape index (κ1) is 13.4. The quantitative estimate of drug-likeness (QED) is 0.600. The van der Waals surface area contributed by atoms with Crippen LogP contribution < -0.4 is 0 Å². The van der Waals surface area contributed by atoms with Crippen LogP contribution in [-0.2, 0) is 19.4 Å². The topological polar surface area (TPSA) is 60.4 Å². The number of carbonyl (C=O) groups is 1. The molecule has 84 valence electrons. The van der Waals surface area contributed by atoms with Gasteiger partial charge in [0.05, 0.1) is 19.0 Å². The lowest BCUT2D eigenvalue weighted by Gasteiger charge is -2.03. The fourth-order valence-electron chi connectivity index (χ4n) is 0.784. The van der Waals surface area contributed by atoms with Crippen molar-refractivity contribution in [1.29, 1.82) is 0 Å². The highest BCUT2D eigenvalue weighted by Gasteiger charge is 2.16. The molecule has 0 aromatic carbocycles. The molecule has 6 heteroatoms. The number of rotatable bonds is 7. The number of halogens is 1. The molecule has 0 unspecified atom stereocenters. The Bertz CT molecular complexity index is 261. The Morgan fingerprint density at radius 3 is 2.57 bits per heavy atom. The minimum absolute atomic E-state index is 0.0661. The van der Waals surface area contributed by atoms with Crippen LogP contribution in [0.25, 0.3) is 0 Å². The molecule has 0 saturated heterocycles. The lowest BCUT2D eigenvalue weighted by atomic mass is 10.5. The summed E-state index contributed by atoms with van der Waals surface area (Å²) in [5, 5.41) is 0. The number of esters is 1. The normalized spacial score (nSPS) is 11.3. The van der Waals surface area contributed by atoms with E-state index in [1.165, 1.54) is 0 Å². The molecule has 0 bridgehead atoms. The van der Waals surface area contributed by atoms with Crippen molar-refractivity contribution >= 4 is 15.8 Å². The molecule has 0 saturated carbocycles. The number of carbonyl (C=O) groups excluding carboxylic acids is 1. The minimum atomic E-state index is -3.49. The van der Waals surface area contributed by atoms with Crippen LogP contribution in [0.15, 0.2) is 0 Å². The molecule has 0 aliphatic carbocycles. The van der Waals surface area contributed by atoms with Crippen molar-refractivity contribution in [2.24, 2.45) is 0 Å². The van der Waals surface area contributed by atoms with Crippen molar-refractivity contribution in [3.63, 3.8) is 0 Å². The molecular formula is C8H15FO4S. The zero-order chi connectivity index (χ0) is 11.0. The summed E-state index contributed by atoms with van der Waals surface area (Å²) in [5.41, 5.74) is 0. The number of ether oxygens (including phenoxy) is 1. The zero-order valence-electron chi connectivity index (χ0n) is 8.16. The van der Waals surface area contributed by atoms with E-state index >= 15 is 0 Å². The van der Waals surface area contributed by atoms with Crippen molar-refractivity contribution < 1.29 is 22.3 Å². The first-order valence-corrected chi connectivity index (χ1v) is 6.26. The fraction of sp³-hybridized carbons (Fsp3) is 0.875. The minimum Gasteiger partial charge on any atom is -0.465 e. The van der Waals surface area contributed by atoms with Gasteiger partial charge in [-0.1, -0.05) is 6.92 Å². The number of hydrogen-bond acceptors (Lipinski definition) is 4. The maximum atomic E-state index is 11.7. The van der Waals surface area contributed by atoms with Gasteiger partial charge in [0.25, 0.3) is 0 Å². The summed E-state index contributed by atoms with van der Waals surface area (Å²) in [6.07, 6.45) is 0.583. The summed E-state index contributed by atoms with van der Waals surface area (Å²) in [4.78, 5) is 10.9. The van der Waals surface area contributed by atoms with E-state index in [2.05, 4.69) is 4.74 Å². The Balaban J connectivity index is 3.90. The predicted molar refractivity (Wildman–Crippen MR) is 50.5 cm³/mol. The van der Waals surface area contributed by atoms with E-state index in [1.807, 2.05) is 6.92 Å². The molecular weight excluding hydrogens is 211 g/mol. The molecule has 0 N–H and O–H groups in total. The molecule has 0 spiro atoms. The second-order valence-electron chi connectivity index (χ2n) is 2.86. The number of alkyl halides is 1. The molecule has 0 rings (SSSR count). The van der Waals surface area contributed by atoms with Crippen LogP contribution in [0.5, 0.6) is 0 Å². The average molecular weight is 226 g/mol. The smallest absolute Gasteiger partial charge is 0.321 e. The summed E-state index contributed by atoms with van der Waals surface area (Å²) in [7, 11) is -3.49. The fourth-order valence-corrected chi connectivity index (χ4v) is 1.92. The molecule has 14 heavy (non-hydrogen) atoms. The SMILES string of the molecule is CCCOC(=O)CS(=O)(=O)CCCF. The van der Waals surface area contributed by atoms with Crippen LogP contribution >= 0.6 is 0 Å². The molecule has 4 nitrogen and oxygen atoms in total. The molecule has 0 radical (unpaired) electrons. The summed E-state index contributed by atoms with van der Waals surface area (Å²) >= 11 is 0. The second kappa shape index (κ2) is 6.75. The van der Waals surface area contributed by atoms with Crippen LogP contribution in [-0.4, -0.2) is 39.2 Å². The highest BCUT2D eigenvalue weighted by Crippen LogP contribution is 1.96. The van der Waals surface area contributed by atoms with E-state index in [0.717, 1.165) is 0 Å². The predicted octanol–water partition coefficient (Wildman–Crippen LogP) is 0.714. The Morgan fingerprint density at radius 2 is 2.07 bits per heavy atom. The van der Waals surface area contributed by atoms with Gasteiger partial charge in [0, 0.05) is 0 Å². The van der Waals surface area contributed by atoms with Gasteiger partial charge in [0.1, 0.15) is 5.75 Å². The van der Waals surface area contributed by atoms with Crippen LogP contribution in [0.3, 0.4) is 0 Å². The molecule has 0 aliphatic rings. The molecule has 0 atom stereocenters. The third kappa shape index (κ3) is 6.82. The van der Waals surface area contributed by atoms with Gasteiger partial charge in [-0.05, 0) is 12.8 Å². The van der Waals surface area contributed by atoms with Gasteiger partial charge in [-0.3, -0.25) is 9.18 Å². The van der Waals surface area contributed by atoms with Crippen molar-refractivity contribution in [2.75, 3.05) is 24.8 Å². The Hall–Kier alpha value is -0.650. The Kier molecular flexibility index (Phi) is 6.44. The van der Waals surface area contributed by atoms with Gasteiger partial charge in [0.15, 0.2) is 9.84 Å². The molecule has 0 fully saturated rings. The standard InChI is InChI=1S/C8H15FO4S/c1-2-5-13-8(10)7-14(11,12)6-3-4-9/h2-7H2,1H3. The van der Waals surface area contributed by atoms with Crippen LogP contribution in [0.2, 0.25) is 0 Å². The first-order valence-electron chi connectivity index (χ1n) is 4.44. The van der Waals surface area contributed by atoms with Crippen LogP contribution in [0, 0.1) is 0 Å². The first-order chi connectivity index (χ1) is 6.52. The molecule has 0 aromatic rings.